The van der Waals surface area contributed by atoms with E-state index < -0.39 is 0 Å². The molecule has 2 heterocycles. The molecule has 0 spiro atoms. The number of ether oxygens (including phenoxy) is 2. The van der Waals surface area contributed by atoms with E-state index in [2.05, 4.69) is 10.3 Å². The van der Waals surface area contributed by atoms with Gasteiger partial charge in [-0.3, -0.25) is 14.6 Å². The molecule has 29 heavy (non-hydrogen) atoms. The molecule has 1 aliphatic heterocycles. The van der Waals surface area contributed by atoms with E-state index in [0.717, 1.165) is 11.3 Å². The largest absolute Gasteiger partial charge is 0.487 e. The average Bonchev–Trinajstić information content (AvgIpc) is 2.76. The normalized spacial score (nSPS) is 12.8. The third-order valence-corrected chi connectivity index (χ3v) is 4.33. The highest BCUT2D eigenvalue weighted by molar-refractivity contribution is 6.08. The molecule has 2 aromatic carbocycles. The number of allylic oxidation sites excluding steroid dienone is 1. The van der Waals surface area contributed by atoms with Crippen LogP contribution >= 0.6 is 0 Å². The van der Waals surface area contributed by atoms with Crippen LogP contribution < -0.4 is 14.8 Å². The second-order valence-corrected chi connectivity index (χ2v) is 6.39. The molecule has 0 saturated carbocycles. The van der Waals surface area contributed by atoms with E-state index >= 15 is 0 Å². The number of fused-ring (bicyclic) bond motifs is 1. The van der Waals surface area contributed by atoms with Crippen molar-refractivity contribution in [3.63, 3.8) is 0 Å². The Hall–Kier alpha value is -3.93. The van der Waals surface area contributed by atoms with Crippen molar-refractivity contribution in [1.29, 1.82) is 0 Å². The Kier molecular flexibility index (Phi) is 5.33. The molecule has 144 valence electrons. The molecule has 0 aliphatic carbocycles. The topological polar surface area (TPSA) is 77.5 Å². The lowest BCUT2D eigenvalue weighted by Gasteiger charge is -2.18. The number of carbonyl (C=O) groups excluding carboxylic acids is 2. The molecule has 4 rings (SSSR count). The maximum atomic E-state index is 12.6. The number of nitrogens with one attached hydrogen (secondary N) is 1. The number of hydrogen-bond donors (Lipinski definition) is 1. The zero-order valence-electron chi connectivity index (χ0n) is 15.5. The van der Waals surface area contributed by atoms with Crippen LogP contribution in [0.4, 0.5) is 5.69 Å². The number of benzene rings is 2. The van der Waals surface area contributed by atoms with Crippen molar-refractivity contribution in [2.45, 2.75) is 6.61 Å². The van der Waals surface area contributed by atoms with Crippen LogP contribution in [0.15, 0.2) is 72.9 Å². The number of hydrogen-bond acceptors (Lipinski definition) is 5. The van der Waals surface area contributed by atoms with Gasteiger partial charge < -0.3 is 14.8 Å². The summed E-state index contributed by atoms with van der Waals surface area (Å²) in [5.41, 5.74) is 2.56. The minimum absolute atomic E-state index is 0.0184. The Morgan fingerprint density at radius 1 is 1.14 bits per heavy atom. The second-order valence-electron chi connectivity index (χ2n) is 6.39. The van der Waals surface area contributed by atoms with E-state index in [1.165, 1.54) is 6.08 Å². The zero-order chi connectivity index (χ0) is 20.1. The monoisotopic (exact) mass is 386 g/mol. The Balaban J connectivity index is 1.48. The van der Waals surface area contributed by atoms with Crippen molar-refractivity contribution in [2.24, 2.45) is 0 Å². The molecule has 0 atom stereocenters. The number of nitrogens with zero attached hydrogens (tertiary/aromatic N) is 1. The summed E-state index contributed by atoms with van der Waals surface area (Å²) >= 11 is 0. The fourth-order valence-corrected chi connectivity index (χ4v) is 2.88. The molecule has 0 fully saturated rings. The molecule has 0 saturated heterocycles. The van der Waals surface area contributed by atoms with Crippen LogP contribution in [0.5, 0.6) is 11.5 Å². The number of anilines is 1. The van der Waals surface area contributed by atoms with Gasteiger partial charge in [-0.05, 0) is 48.6 Å². The predicted molar refractivity (Wildman–Crippen MR) is 109 cm³/mol. The van der Waals surface area contributed by atoms with Crippen LogP contribution in [0.1, 0.15) is 21.6 Å². The third kappa shape index (κ3) is 4.50. The zero-order valence-corrected chi connectivity index (χ0v) is 15.5. The predicted octanol–water partition coefficient (Wildman–Crippen LogP) is 3.89. The van der Waals surface area contributed by atoms with Crippen LogP contribution in [0.3, 0.4) is 0 Å². The summed E-state index contributed by atoms with van der Waals surface area (Å²) in [6, 6.07) is 18.1. The molecular weight excluding hydrogens is 368 g/mol. The fraction of sp³-hybridized carbons (Fsp3) is 0.0870. The molecule has 3 aromatic rings. The van der Waals surface area contributed by atoms with Gasteiger partial charge in [0.2, 0.25) is 0 Å². The van der Waals surface area contributed by atoms with Crippen molar-refractivity contribution >= 4 is 23.5 Å². The molecule has 1 amide bonds. The molecule has 0 bridgehead atoms. The van der Waals surface area contributed by atoms with Gasteiger partial charge in [-0.2, -0.15) is 0 Å². The van der Waals surface area contributed by atoms with E-state index in [0.29, 0.717) is 29.4 Å². The van der Waals surface area contributed by atoms with Gasteiger partial charge in [0.15, 0.2) is 12.4 Å². The van der Waals surface area contributed by atoms with E-state index in [1.54, 1.807) is 30.5 Å². The summed E-state index contributed by atoms with van der Waals surface area (Å²) in [5.74, 6) is 0.787. The van der Waals surface area contributed by atoms with Gasteiger partial charge in [-0.1, -0.05) is 24.3 Å². The van der Waals surface area contributed by atoms with Gasteiger partial charge in [-0.25, -0.2) is 0 Å². The molecule has 6 heteroatoms. The van der Waals surface area contributed by atoms with E-state index in [1.807, 2.05) is 42.5 Å². The standard InChI is InChI=1S/C23H18N2O4/c26-20(17-9-11-22-19(13-17)25-23(27)15-29-22)10-8-16-5-1-2-7-21(16)28-14-18-6-3-4-12-24-18/h1-13H,14-15H2,(H,25,27)/b10-8+. The number of aromatic nitrogens is 1. The van der Waals surface area contributed by atoms with Gasteiger partial charge in [0.05, 0.1) is 11.4 Å². The maximum Gasteiger partial charge on any atom is 0.262 e. The molecule has 0 radical (unpaired) electrons. The van der Waals surface area contributed by atoms with Crippen LogP contribution in [0, 0.1) is 0 Å². The van der Waals surface area contributed by atoms with Crippen molar-refractivity contribution in [1.82, 2.24) is 4.98 Å². The minimum Gasteiger partial charge on any atom is -0.487 e. The van der Waals surface area contributed by atoms with Gasteiger partial charge in [0.25, 0.3) is 5.91 Å². The number of ketones is 1. The Morgan fingerprint density at radius 2 is 2.00 bits per heavy atom. The quantitative estimate of drug-likeness (QED) is 0.514. The summed E-state index contributed by atoms with van der Waals surface area (Å²) in [6.07, 6.45) is 4.91. The van der Waals surface area contributed by atoms with Crippen LogP contribution in [0.25, 0.3) is 6.08 Å². The molecule has 0 unspecified atom stereocenters. The van der Waals surface area contributed by atoms with Gasteiger partial charge in [0, 0.05) is 17.3 Å². The lowest BCUT2D eigenvalue weighted by atomic mass is 10.1. The smallest absolute Gasteiger partial charge is 0.262 e. The first-order chi connectivity index (χ1) is 14.2. The average molecular weight is 386 g/mol. The summed E-state index contributed by atoms with van der Waals surface area (Å²) in [4.78, 5) is 28.3. The summed E-state index contributed by atoms with van der Waals surface area (Å²) < 4.78 is 11.2. The molecule has 1 aromatic heterocycles. The van der Waals surface area contributed by atoms with Crippen molar-refractivity contribution in [3.05, 3.63) is 89.8 Å². The van der Waals surface area contributed by atoms with Gasteiger partial charge >= 0.3 is 0 Å². The van der Waals surface area contributed by atoms with Crippen LogP contribution in [-0.4, -0.2) is 23.3 Å². The summed E-state index contributed by atoms with van der Waals surface area (Å²) in [6.45, 7) is 0.319. The first kappa shape index (κ1) is 18.4. The van der Waals surface area contributed by atoms with E-state index in [4.69, 9.17) is 9.47 Å². The second kappa shape index (κ2) is 8.39. The Labute approximate surface area is 167 Å². The highest BCUT2D eigenvalue weighted by Crippen LogP contribution is 2.29. The SMILES string of the molecule is O=C1COc2ccc(C(=O)/C=C/c3ccccc3OCc3ccccn3)cc2N1. The first-order valence-corrected chi connectivity index (χ1v) is 9.10. The highest BCUT2D eigenvalue weighted by atomic mass is 16.5. The van der Waals surface area contributed by atoms with Crippen molar-refractivity contribution in [3.8, 4) is 11.5 Å². The lowest BCUT2D eigenvalue weighted by Crippen LogP contribution is -2.25. The number of pyridine rings is 1. The lowest BCUT2D eigenvalue weighted by molar-refractivity contribution is -0.118. The Morgan fingerprint density at radius 3 is 2.86 bits per heavy atom. The highest BCUT2D eigenvalue weighted by Gasteiger charge is 2.17. The molecule has 6 nitrogen and oxygen atoms in total. The van der Waals surface area contributed by atoms with Gasteiger partial charge in [-0.15, -0.1) is 0 Å². The van der Waals surface area contributed by atoms with Crippen LogP contribution in [-0.2, 0) is 11.4 Å². The van der Waals surface area contributed by atoms with Gasteiger partial charge in [0.1, 0.15) is 18.1 Å². The number of rotatable bonds is 6. The van der Waals surface area contributed by atoms with Crippen LogP contribution in [0.2, 0.25) is 0 Å². The molecular formula is C23H18N2O4. The molecule has 1 N–H and O–H groups in total. The fourth-order valence-electron chi connectivity index (χ4n) is 2.88. The molecule has 1 aliphatic rings. The minimum atomic E-state index is -0.239. The first-order valence-electron chi connectivity index (χ1n) is 9.10. The van der Waals surface area contributed by atoms with Crippen molar-refractivity contribution in [2.75, 3.05) is 11.9 Å². The van der Waals surface area contributed by atoms with Crippen molar-refractivity contribution < 1.29 is 19.1 Å². The maximum absolute atomic E-state index is 12.6. The third-order valence-electron chi connectivity index (χ3n) is 4.33. The summed E-state index contributed by atoms with van der Waals surface area (Å²) in [5, 5.41) is 2.70. The summed E-state index contributed by atoms with van der Waals surface area (Å²) in [7, 11) is 0. The number of carbonyl (C=O) groups is 2. The van der Waals surface area contributed by atoms with E-state index in [-0.39, 0.29) is 18.3 Å². The Bertz CT molecular complexity index is 1080. The van der Waals surface area contributed by atoms with E-state index in [9.17, 15) is 9.59 Å². The number of para-hydroxylation sites is 1. The number of amides is 1.